The maximum Gasteiger partial charge on any atom is 0.151 e. The van der Waals surface area contributed by atoms with Gasteiger partial charge in [0.05, 0.1) is 16.4 Å². The standard InChI is InChI=1S/C12H16BrN5/c1-3-4-18-11(9(13)7-17-18)10(14)12-15-5-8(2)6-16-12/h5-7,10H,3-4,14H2,1-2H3. The van der Waals surface area contributed by atoms with Gasteiger partial charge in [-0.25, -0.2) is 9.97 Å². The van der Waals surface area contributed by atoms with Crippen molar-refractivity contribution in [2.75, 3.05) is 0 Å². The van der Waals surface area contributed by atoms with E-state index < -0.39 is 0 Å². The summed E-state index contributed by atoms with van der Waals surface area (Å²) in [6, 6.07) is -0.367. The molecule has 1 atom stereocenters. The van der Waals surface area contributed by atoms with Gasteiger partial charge in [0.1, 0.15) is 6.04 Å². The number of aromatic nitrogens is 4. The zero-order chi connectivity index (χ0) is 13.1. The Balaban J connectivity index is 2.35. The van der Waals surface area contributed by atoms with Crippen LogP contribution in [0.2, 0.25) is 0 Å². The first-order valence-corrected chi connectivity index (χ1v) is 6.68. The molecule has 0 aliphatic carbocycles. The quantitative estimate of drug-likeness (QED) is 0.940. The topological polar surface area (TPSA) is 69.6 Å². The van der Waals surface area contributed by atoms with Crippen molar-refractivity contribution in [3.63, 3.8) is 0 Å². The van der Waals surface area contributed by atoms with Crippen LogP contribution in [0.4, 0.5) is 0 Å². The molecule has 6 heteroatoms. The molecule has 2 N–H and O–H groups in total. The second-order valence-corrected chi connectivity index (χ2v) is 5.05. The van der Waals surface area contributed by atoms with Crippen molar-refractivity contribution in [1.82, 2.24) is 19.7 Å². The minimum absolute atomic E-state index is 0.367. The molecule has 0 saturated heterocycles. The summed E-state index contributed by atoms with van der Waals surface area (Å²) in [7, 11) is 0. The third-order valence-electron chi connectivity index (χ3n) is 2.64. The van der Waals surface area contributed by atoms with Gasteiger partial charge in [-0.05, 0) is 34.8 Å². The Morgan fingerprint density at radius 1 is 1.33 bits per heavy atom. The number of hydrogen-bond acceptors (Lipinski definition) is 4. The Labute approximate surface area is 115 Å². The van der Waals surface area contributed by atoms with E-state index in [9.17, 15) is 0 Å². The molecular weight excluding hydrogens is 294 g/mol. The average Bonchev–Trinajstić information content (AvgIpc) is 2.71. The van der Waals surface area contributed by atoms with Crippen LogP contribution in [0.25, 0.3) is 0 Å². The highest BCUT2D eigenvalue weighted by atomic mass is 79.9. The molecule has 0 bridgehead atoms. The molecule has 5 nitrogen and oxygen atoms in total. The van der Waals surface area contributed by atoms with Gasteiger partial charge in [0, 0.05) is 18.9 Å². The summed E-state index contributed by atoms with van der Waals surface area (Å²) in [6.45, 7) is 4.89. The summed E-state index contributed by atoms with van der Waals surface area (Å²) < 4.78 is 2.80. The Morgan fingerprint density at radius 2 is 2.00 bits per heavy atom. The number of rotatable bonds is 4. The smallest absolute Gasteiger partial charge is 0.151 e. The van der Waals surface area contributed by atoms with Crippen LogP contribution in [-0.4, -0.2) is 19.7 Å². The van der Waals surface area contributed by atoms with Gasteiger partial charge in [-0.3, -0.25) is 4.68 Å². The van der Waals surface area contributed by atoms with Crippen molar-refractivity contribution in [2.45, 2.75) is 32.9 Å². The van der Waals surface area contributed by atoms with E-state index in [1.807, 2.05) is 11.6 Å². The second kappa shape index (κ2) is 5.58. The van der Waals surface area contributed by atoms with E-state index in [0.29, 0.717) is 5.82 Å². The number of nitrogens with zero attached hydrogens (tertiary/aromatic N) is 4. The molecule has 0 aliphatic rings. The van der Waals surface area contributed by atoms with E-state index in [4.69, 9.17) is 5.73 Å². The number of nitrogens with two attached hydrogens (primary N) is 1. The number of halogens is 1. The fourth-order valence-corrected chi connectivity index (χ4v) is 2.30. The van der Waals surface area contributed by atoms with Crippen LogP contribution < -0.4 is 5.73 Å². The van der Waals surface area contributed by atoms with Crippen LogP contribution in [0.5, 0.6) is 0 Å². The summed E-state index contributed by atoms with van der Waals surface area (Å²) in [6.07, 6.45) is 6.31. The van der Waals surface area contributed by atoms with E-state index in [1.54, 1.807) is 18.6 Å². The summed E-state index contributed by atoms with van der Waals surface area (Å²) >= 11 is 3.48. The first-order valence-electron chi connectivity index (χ1n) is 5.88. The van der Waals surface area contributed by atoms with Gasteiger partial charge in [0.2, 0.25) is 0 Å². The van der Waals surface area contributed by atoms with Crippen LogP contribution in [0.15, 0.2) is 23.1 Å². The molecule has 0 amide bonds. The number of hydrogen-bond donors (Lipinski definition) is 1. The maximum atomic E-state index is 6.23. The molecular formula is C12H16BrN5. The second-order valence-electron chi connectivity index (χ2n) is 4.20. The highest BCUT2D eigenvalue weighted by Gasteiger charge is 2.20. The summed E-state index contributed by atoms with van der Waals surface area (Å²) in [4.78, 5) is 8.56. The predicted molar refractivity (Wildman–Crippen MR) is 73.0 cm³/mol. The minimum atomic E-state index is -0.367. The first-order chi connectivity index (χ1) is 8.63. The lowest BCUT2D eigenvalue weighted by Crippen LogP contribution is -2.20. The van der Waals surface area contributed by atoms with E-state index in [1.165, 1.54) is 0 Å². The lowest BCUT2D eigenvalue weighted by atomic mass is 10.2. The van der Waals surface area contributed by atoms with Crippen molar-refractivity contribution in [3.05, 3.63) is 40.1 Å². The lowest BCUT2D eigenvalue weighted by molar-refractivity contribution is 0.551. The molecule has 2 aromatic heterocycles. The van der Waals surface area contributed by atoms with E-state index >= 15 is 0 Å². The largest absolute Gasteiger partial charge is 0.316 e. The third kappa shape index (κ3) is 2.59. The normalized spacial score (nSPS) is 12.7. The highest BCUT2D eigenvalue weighted by Crippen LogP contribution is 2.25. The maximum absolute atomic E-state index is 6.23. The van der Waals surface area contributed by atoms with Gasteiger partial charge < -0.3 is 5.73 Å². The van der Waals surface area contributed by atoms with Crippen molar-refractivity contribution in [1.29, 1.82) is 0 Å². The van der Waals surface area contributed by atoms with E-state index in [-0.39, 0.29) is 6.04 Å². The van der Waals surface area contributed by atoms with Crippen molar-refractivity contribution in [2.24, 2.45) is 5.73 Å². The fourth-order valence-electron chi connectivity index (χ4n) is 1.76. The molecule has 2 rings (SSSR count). The van der Waals surface area contributed by atoms with Gasteiger partial charge in [-0.15, -0.1) is 0 Å². The zero-order valence-electron chi connectivity index (χ0n) is 10.5. The Bertz CT molecular complexity index is 520. The van der Waals surface area contributed by atoms with E-state index in [2.05, 4.69) is 37.9 Å². The number of aryl methyl sites for hydroxylation is 2. The molecule has 18 heavy (non-hydrogen) atoms. The minimum Gasteiger partial charge on any atom is -0.316 e. The molecule has 0 spiro atoms. The Morgan fingerprint density at radius 3 is 2.61 bits per heavy atom. The van der Waals surface area contributed by atoms with Crippen LogP contribution in [0, 0.1) is 6.92 Å². The highest BCUT2D eigenvalue weighted by molar-refractivity contribution is 9.10. The Kier molecular flexibility index (Phi) is 4.08. The molecule has 0 aromatic carbocycles. The van der Waals surface area contributed by atoms with Gasteiger partial charge in [-0.2, -0.15) is 5.10 Å². The molecule has 0 saturated carbocycles. The summed E-state index contributed by atoms with van der Waals surface area (Å²) in [5.74, 6) is 0.610. The fraction of sp³-hybridized carbons (Fsp3) is 0.417. The molecule has 1 unspecified atom stereocenters. The molecule has 2 heterocycles. The molecule has 96 valence electrons. The summed E-state index contributed by atoms with van der Waals surface area (Å²) in [5.41, 5.74) is 8.16. The van der Waals surface area contributed by atoms with Gasteiger partial charge >= 0.3 is 0 Å². The van der Waals surface area contributed by atoms with Crippen molar-refractivity contribution in [3.8, 4) is 0 Å². The van der Waals surface area contributed by atoms with Crippen LogP contribution in [0.3, 0.4) is 0 Å². The molecule has 0 radical (unpaired) electrons. The van der Waals surface area contributed by atoms with Gasteiger partial charge in [0.15, 0.2) is 5.82 Å². The van der Waals surface area contributed by atoms with Crippen LogP contribution >= 0.6 is 15.9 Å². The predicted octanol–water partition coefficient (Wildman–Crippen LogP) is 2.20. The Hall–Kier alpha value is -1.27. The monoisotopic (exact) mass is 309 g/mol. The third-order valence-corrected chi connectivity index (χ3v) is 3.25. The lowest BCUT2D eigenvalue weighted by Gasteiger charge is -2.13. The van der Waals surface area contributed by atoms with Crippen molar-refractivity contribution >= 4 is 15.9 Å². The van der Waals surface area contributed by atoms with Crippen molar-refractivity contribution < 1.29 is 0 Å². The summed E-state index contributed by atoms with van der Waals surface area (Å²) in [5, 5.41) is 4.30. The average molecular weight is 310 g/mol. The molecule has 0 aliphatic heterocycles. The van der Waals surface area contributed by atoms with Gasteiger partial charge in [-0.1, -0.05) is 6.92 Å². The zero-order valence-corrected chi connectivity index (χ0v) is 12.1. The van der Waals surface area contributed by atoms with Crippen LogP contribution in [-0.2, 0) is 6.54 Å². The first kappa shape index (κ1) is 13.2. The van der Waals surface area contributed by atoms with E-state index in [0.717, 1.165) is 28.7 Å². The molecule has 2 aromatic rings. The van der Waals surface area contributed by atoms with Gasteiger partial charge in [0.25, 0.3) is 0 Å². The van der Waals surface area contributed by atoms with Crippen LogP contribution in [0.1, 0.15) is 36.5 Å². The SMILES string of the molecule is CCCn1ncc(Br)c1C(N)c1ncc(C)cn1. The molecule has 0 fully saturated rings.